The van der Waals surface area contributed by atoms with Gasteiger partial charge in [-0.1, -0.05) is 0 Å². The Hall–Kier alpha value is -2.50. The van der Waals surface area contributed by atoms with Gasteiger partial charge in [0, 0.05) is 43.6 Å². The lowest BCUT2D eigenvalue weighted by molar-refractivity contribution is 0.0703. The molecule has 1 saturated heterocycles. The number of carbonyl (C=O) groups is 1. The number of nitrogens with zero attached hydrogens (tertiary/aromatic N) is 4. The summed E-state index contributed by atoms with van der Waals surface area (Å²) in [6.45, 7) is 3.12. The maximum atomic E-state index is 12.7. The van der Waals surface area contributed by atoms with Gasteiger partial charge in [0.2, 0.25) is 0 Å². The molecule has 0 bridgehead atoms. The molecule has 2 aromatic rings. The number of rotatable bonds is 2. The fourth-order valence-electron chi connectivity index (χ4n) is 3.01. The molecule has 1 aliphatic rings. The van der Waals surface area contributed by atoms with E-state index < -0.39 is 0 Å². The van der Waals surface area contributed by atoms with Crippen molar-refractivity contribution in [3.05, 3.63) is 58.0 Å². The molecular formula is C17H20N4O2. The van der Waals surface area contributed by atoms with E-state index in [1.807, 2.05) is 13.0 Å². The molecular weight excluding hydrogens is 292 g/mol. The summed E-state index contributed by atoms with van der Waals surface area (Å²) >= 11 is 0. The number of aromatic nitrogens is 3. The van der Waals surface area contributed by atoms with E-state index in [1.54, 1.807) is 30.3 Å². The standard InChI is InChI=1S/C17H20N4O2/c1-12-5-6-14(16(22)20(12)2)17(23)21-9-3-4-13(10-21)15-7-8-18-11-19-15/h5-8,11,13H,3-4,9-10H2,1-2H3. The number of likely N-dealkylation sites (tertiary alicyclic amines) is 1. The molecule has 120 valence electrons. The van der Waals surface area contributed by atoms with E-state index in [4.69, 9.17) is 0 Å². The maximum Gasteiger partial charge on any atom is 0.263 e. The molecule has 3 rings (SSSR count). The molecule has 0 aromatic carbocycles. The molecule has 1 fully saturated rings. The molecule has 6 heteroatoms. The maximum absolute atomic E-state index is 12.7. The monoisotopic (exact) mass is 312 g/mol. The predicted molar refractivity (Wildman–Crippen MR) is 86.3 cm³/mol. The Morgan fingerprint density at radius 3 is 2.87 bits per heavy atom. The van der Waals surface area contributed by atoms with Gasteiger partial charge in [-0.05, 0) is 38.0 Å². The number of carbonyl (C=O) groups excluding carboxylic acids is 1. The number of piperidine rings is 1. The normalized spacial score (nSPS) is 18.0. The third-order valence-electron chi connectivity index (χ3n) is 4.52. The topological polar surface area (TPSA) is 68.1 Å². The quantitative estimate of drug-likeness (QED) is 0.843. The van der Waals surface area contributed by atoms with Gasteiger partial charge in [0.15, 0.2) is 0 Å². The Labute approximate surface area is 134 Å². The first-order valence-electron chi connectivity index (χ1n) is 7.79. The van der Waals surface area contributed by atoms with Crippen LogP contribution in [0.2, 0.25) is 0 Å². The zero-order valence-electron chi connectivity index (χ0n) is 13.4. The van der Waals surface area contributed by atoms with Crippen molar-refractivity contribution in [3.63, 3.8) is 0 Å². The van der Waals surface area contributed by atoms with Crippen molar-refractivity contribution in [1.82, 2.24) is 19.4 Å². The van der Waals surface area contributed by atoms with Crippen LogP contribution in [0.15, 0.2) is 35.5 Å². The van der Waals surface area contributed by atoms with E-state index in [9.17, 15) is 9.59 Å². The SMILES string of the molecule is Cc1ccc(C(=O)N2CCCC(c3ccncn3)C2)c(=O)n1C. The van der Waals surface area contributed by atoms with Crippen LogP contribution in [-0.4, -0.2) is 38.4 Å². The largest absolute Gasteiger partial charge is 0.338 e. The summed E-state index contributed by atoms with van der Waals surface area (Å²) in [7, 11) is 1.69. The van der Waals surface area contributed by atoms with Crippen molar-refractivity contribution < 1.29 is 4.79 Å². The van der Waals surface area contributed by atoms with Crippen LogP contribution in [-0.2, 0) is 7.05 Å². The van der Waals surface area contributed by atoms with Crippen LogP contribution in [0.25, 0.3) is 0 Å². The molecule has 2 aromatic heterocycles. The Bertz CT molecular complexity index is 770. The van der Waals surface area contributed by atoms with E-state index in [0.29, 0.717) is 13.1 Å². The van der Waals surface area contributed by atoms with Crippen molar-refractivity contribution in [2.45, 2.75) is 25.7 Å². The second-order valence-corrected chi connectivity index (χ2v) is 5.98. The zero-order valence-corrected chi connectivity index (χ0v) is 13.4. The van der Waals surface area contributed by atoms with Gasteiger partial charge in [-0.3, -0.25) is 9.59 Å². The summed E-state index contributed by atoms with van der Waals surface area (Å²) in [5, 5.41) is 0. The van der Waals surface area contributed by atoms with Crippen LogP contribution >= 0.6 is 0 Å². The molecule has 0 radical (unpaired) electrons. The number of pyridine rings is 1. The molecule has 0 N–H and O–H groups in total. The minimum Gasteiger partial charge on any atom is -0.338 e. The van der Waals surface area contributed by atoms with Crippen LogP contribution < -0.4 is 5.56 Å². The van der Waals surface area contributed by atoms with Crippen molar-refractivity contribution in [2.24, 2.45) is 7.05 Å². The summed E-state index contributed by atoms with van der Waals surface area (Å²) in [4.78, 5) is 35.1. The molecule has 1 amide bonds. The average Bonchev–Trinajstić information content (AvgIpc) is 2.60. The van der Waals surface area contributed by atoms with Crippen LogP contribution in [0.3, 0.4) is 0 Å². The van der Waals surface area contributed by atoms with E-state index in [-0.39, 0.29) is 22.9 Å². The highest BCUT2D eigenvalue weighted by molar-refractivity contribution is 5.94. The van der Waals surface area contributed by atoms with E-state index in [2.05, 4.69) is 9.97 Å². The zero-order chi connectivity index (χ0) is 16.4. The fourth-order valence-corrected chi connectivity index (χ4v) is 3.01. The Kier molecular flexibility index (Phi) is 4.23. The summed E-state index contributed by atoms with van der Waals surface area (Å²) in [5.74, 6) is 0.00866. The van der Waals surface area contributed by atoms with E-state index in [0.717, 1.165) is 24.2 Å². The number of hydrogen-bond acceptors (Lipinski definition) is 4. The van der Waals surface area contributed by atoms with Gasteiger partial charge in [0.25, 0.3) is 11.5 Å². The molecule has 3 heterocycles. The lowest BCUT2D eigenvalue weighted by atomic mass is 9.94. The predicted octanol–water partition coefficient (Wildman–Crippen LogP) is 1.50. The summed E-state index contributed by atoms with van der Waals surface area (Å²) in [6.07, 6.45) is 5.16. The number of aryl methyl sites for hydroxylation is 1. The molecule has 1 aliphatic heterocycles. The highest BCUT2D eigenvalue weighted by Gasteiger charge is 2.27. The summed E-state index contributed by atoms with van der Waals surface area (Å²) < 4.78 is 1.51. The van der Waals surface area contributed by atoms with Gasteiger partial charge in [0.1, 0.15) is 11.9 Å². The van der Waals surface area contributed by atoms with Gasteiger partial charge in [0.05, 0.1) is 0 Å². The number of hydrogen-bond donors (Lipinski definition) is 0. The van der Waals surface area contributed by atoms with Gasteiger partial charge in [-0.2, -0.15) is 0 Å². The lowest BCUT2D eigenvalue weighted by Gasteiger charge is -2.32. The van der Waals surface area contributed by atoms with Crippen molar-refractivity contribution >= 4 is 5.91 Å². The van der Waals surface area contributed by atoms with Crippen LogP contribution in [0.5, 0.6) is 0 Å². The second kappa shape index (κ2) is 6.32. The van der Waals surface area contributed by atoms with Gasteiger partial charge < -0.3 is 9.47 Å². The van der Waals surface area contributed by atoms with Crippen molar-refractivity contribution in [1.29, 1.82) is 0 Å². The average molecular weight is 312 g/mol. The molecule has 0 spiro atoms. The highest BCUT2D eigenvalue weighted by Crippen LogP contribution is 2.25. The summed E-state index contributed by atoms with van der Waals surface area (Å²) in [5.41, 5.74) is 1.79. The highest BCUT2D eigenvalue weighted by atomic mass is 16.2. The summed E-state index contributed by atoms with van der Waals surface area (Å²) in [6, 6.07) is 5.33. The Morgan fingerprint density at radius 1 is 1.30 bits per heavy atom. The van der Waals surface area contributed by atoms with Crippen molar-refractivity contribution in [3.8, 4) is 0 Å². The van der Waals surface area contributed by atoms with Gasteiger partial charge in [-0.25, -0.2) is 9.97 Å². The number of amides is 1. The molecule has 1 unspecified atom stereocenters. The second-order valence-electron chi connectivity index (χ2n) is 5.98. The first-order chi connectivity index (χ1) is 11.1. The van der Waals surface area contributed by atoms with Crippen molar-refractivity contribution in [2.75, 3.05) is 13.1 Å². The molecule has 0 saturated carbocycles. The molecule has 23 heavy (non-hydrogen) atoms. The Balaban J connectivity index is 1.83. The minimum absolute atomic E-state index is 0.190. The minimum atomic E-state index is -0.237. The van der Waals surface area contributed by atoms with Crippen LogP contribution in [0, 0.1) is 6.92 Å². The molecule has 0 aliphatic carbocycles. The first kappa shape index (κ1) is 15.4. The van der Waals surface area contributed by atoms with E-state index >= 15 is 0 Å². The van der Waals surface area contributed by atoms with Gasteiger partial charge >= 0.3 is 0 Å². The van der Waals surface area contributed by atoms with Crippen LogP contribution in [0.4, 0.5) is 0 Å². The third-order valence-corrected chi connectivity index (χ3v) is 4.52. The molecule has 1 atom stereocenters. The fraction of sp³-hybridized carbons (Fsp3) is 0.412. The Morgan fingerprint density at radius 2 is 2.13 bits per heavy atom. The lowest BCUT2D eigenvalue weighted by Crippen LogP contribution is -2.42. The van der Waals surface area contributed by atoms with E-state index in [1.165, 1.54) is 10.9 Å². The smallest absolute Gasteiger partial charge is 0.263 e. The third kappa shape index (κ3) is 3.02. The van der Waals surface area contributed by atoms with Crippen LogP contribution in [0.1, 0.15) is 40.5 Å². The molecule has 6 nitrogen and oxygen atoms in total. The first-order valence-corrected chi connectivity index (χ1v) is 7.79. The van der Waals surface area contributed by atoms with Gasteiger partial charge in [-0.15, -0.1) is 0 Å².